The van der Waals surface area contributed by atoms with Crippen LogP contribution in [0.5, 0.6) is 0 Å². The third-order valence-corrected chi connectivity index (χ3v) is 6.03. The molecule has 0 aliphatic heterocycles. The van der Waals surface area contributed by atoms with Gasteiger partial charge >= 0.3 is 5.69 Å². The Balaban J connectivity index is 1.89. The molecule has 0 saturated carbocycles. The highest BCUT2D eigenvalue weighted by atomic mass is 32.1. The number of aryl methyl sites for hydroxylation is 2. The molecule has 0 bridgehead atoms. The van der Waals surface area contributed by atoms with Crippen LogP contribution < -0.4 is 11.0 Å². The molecule has 1 N–H and O–H groups in total. The minimum atomic E-state index is -0.310. The van der Waals surface area contributed by atoms with Crippen molar-refractivity contribution in [1.29, 1.82) is 0 Å². The largest absolute Gasteiger partial charge is 0.352 e. The average molecular weight is 373 g/mol. The maximum absolute atomic E-state index is 12.8. The molecule has 0 aromatic carbocycles. The summed E-state index contributed by atoms with van der Waals surface area (Å²) in [5.41, 5.74) is 1.60. The van der Waals surface area contributed by atoms with Crippen LogP contribution in [0.1, 0.15) is 43.5 Å². The van der Waals surface area contributed by atoms with Crippen molar-refractivity contribution < 1.29 is 4.79 Å². The first-order valence-electron chi connectivity index (χ1n) is 9.05. The fraction of sp³-hybridized carbons (Fsp3) is 0.556. The summed E-state index contributed by atoms with van der Waals surface area (Å²) in [5.74, 6) is 1.07. The SMILES string of the molecule is Cc1nc2sc3c(c2c2nn(CC(=O)NC(C)C)c(=O)n12)CCC(C)C3. The molecule has 7 nitrogen and oxygen atoms in total. The first kappa shape index (κ1) is 17.2. The molecule has 0 spiro atoms. The lowest BCUT2D eigenvalue weighted by Gasteiger charge is -2.17. The molecule has 0 saturated heterocycles. The fourth-order valence-corrected chi connectivity index (χ4v) is 5.13. The molecular weight excluding hydrogens is 350 g/mol. The van der Waals surface area contributed by atoms with Crippen LogP contribution in [0.15, 0.2) is 4.79 Å². The molecule has 0 fully saturated rings. The van der Waals surface area contributed by atoms with E-state index in [1.807, 2.05) is 20.8 Å². The maximum atomic E-state index is 12.8. The molecule has 1 amide bonds. The van der Waals surface area contributed by atoms with E-state index in [4.69, 9.17) is 0 Å². The summed E-state index contributed by atoms with van der Waals surface area (Å²) in [6.07, 6.45) is 3.19. The van der Waals surface area contributed by atoms with E-state index in [2.05, 4.69) is 22.3 Å². The Morgan fingerprint density at radius 1 is 1.42 bits per heavy atom. The van der Waals surface area contributed by atoms with Crippen molar-refractivity contribution in [2.24, 2.45) is 5.92 Å². The van der Waals surface area contributed by atoms with Gasteiger partial charge in [-0.1, -0.05) is 6.92 Å². The van der Waals surface area contributed by atoms with Gasteiger partial charge in [0.2, 0.25) is 5.91 Å². The number of carbonyl (C=O) groups is 1. The lowest BCUT2D eigenvalue weighted by molar-refractivity contribution is -0.122. The van der Waals surface area contributed by atoms with E-state index in [1.165, 1.54) is 19.5 Å². The average Bonchev–Trinajstić information content (AvgIpc) is 3.04. The van der Waals surface area contributed by atoms with Gasteiger partial charge in [0.1, 0.15) is 17.2 Å². The molecule has 4 rings (SSSR count). The number of rotatable bonds is 3. The maximum Gasteiger partial charge on any atom is 0.352 e. The summed E-state index contributed by atoms with van der Waals surface area (Å²) >= 11 is 1.71. The number of nitrogens with zero attached hydrogens (tertiary/aromatic N) is 4. The van der Waals surface area contributed by atoms with Gasteiger partial charge in [0, 0.05) is 10.9 Å². The summed E-state index contributed by atoms with van der Waals surface area (Å²) in [6.45, 7) is 7.79. The predicted molar refractivity (Wildman–Crippen MR) is 102 cm³/mol. The fourth-order valence-electron chi connectivity index (χ4n) is 3.71. The second-order valence-corrected chi connectivity index (χ2v) is 8.60. The monoisotopic (exact) mass is 373 g/mol. The zero-order valence-corrected chi connectivity index (χ0v) is 16.3. The normalized spacial score (nSPS) is 17.2. The highest BCUT2D eigenvalue weighted by molar-refractivity contribution is 7.19. The van der Waals surface area contributed by atoms with E-state index < -0.39 is 0 Å². The summed E-state index contributed by atoms with van der Waals surface area (Å²) in [4.78, 5) is 31.9. The van der Waals surface area contributed by atoms with Gasteiger partial charge in [-0.2, -0.15) is 0 Å². The van der Waals surface area contributed by atoms with Gasteiger partial charge in [0.15, 0.2) is 5.65 Å². The summed E-state index contributed by atoms with van der Waals surface area (Å²) in [6, 6.07) is 0.0243. The highest BCUT2D eigenvalue weighted by Gasteiger charge is 2.25. The topological polar surface area (TPSA) is 81.3 Å². The Labute approximate surface area is 155 Å². The van der Waals surface area contributed by atoms with Crippen molar-refractivity contribution in [2.75, 3.05) is 0 Å². The van der Waals surface area contributed by atoms with E-state index in [-0.39, 0.29) is 24.2 Å². The zero-order valence-electron chi connectivity index (χ0n) is 15.5. The molecule has 3 aromatic rings. The van der Waals surface area contributed by atoms with Crippen molar-refractivity contribution in [1.82, 2.24) is 24.5 Å². The second-order valence-electron chi connectivity index (χ2n) is 7.51. The van der Waals surface area contributed by atoms with Gasteiger partial charge in [-0.25, -0.2) is 18.9 Å². The molecule has 1 unspecified atom stereocenters. The van der Waals surface area contributed by atoms with E-state index in [9.17, 15) is 9.59 Å². The van der Waals surface area contributed by atoms with Gasteiger partial charge in [0.25, 0.3) is 0 Å². The minimum absolute atomic E-state index is 0.0243. The zero-order chi connectivity index (χ0) is 18.6. The Kier molecular flexibility index (Phi) is 4.10. The number of thiophene rings is 1. The van der Waals surface area contributed by atoms with Crippen LogP contribution in [0.4, 0.5) is 0 Å². The molecule has 8 heteroatoms. The Morgan fingerprint density at radius 2 is 2.19 bits per heavy atom. The third-order valence-electron chi connectivity index (χ3n) is 4.89. The van der Waals surface area contributed by atoms with E-state index in [1.54, 1.807) is 11.3 Å². The van der Waals surface area contributed by atoms with Gasteiger partial charge in [-0.15, -0.1) is 16.4 Å². The van der Waals surface area contributed by atoms with E-state index in [0.717, 1.165) is 29.5 Å². The van der Waals surface area contributed by atoms with Gasteiger partial charge < -0.3 is 5.32 Å². The third kappa shape index (κ3) is 2.72. The standard InChI is InChI=1S/C18H23N5O2S/c1-9(2)19-14(24)8-22-18(25)23-11(4)20-17-15(16(23)21-22)12-6-5-10(3)7-13(12)26-17/h9-10H,5-8H2,1-4H3,(H,19,24). The minimum Gasteiger partial charge on any atom is -0.352 e. The highest BCUT2D eigenvalue weighted by Crippen LogP contribution is 2.38. The van der Waals surface area contributed by atoms with Crippen LogP contribution in [0.3, 0.4) is 0 Å². The number of fused-ring (bicyclic) bond motifs is 5. The molecule has 26 heavy (non-hydrogen) atoms. The molecule has 1 aliphatic carbocycles. The molecule has 1 aliphatic rings. The molecular formula is C18H23N5O2S. The van der Waals surface area contributed by atoms with Gasteiger partial charge in [-0.3, -0.25) is 4.79 Å². The smallest absolute Gasteiger partial charge is 0.352 e. The summed E-state index contributed by atoms with van der Waals surface area (Å²) in [5, 5.41) is 8.31. The molecule has 138 valence electrons. The first-order valence-corrected chi connectivity index (χ1v) is 9.86. The lowest BCUT2D eigenvalue weighted by atomic mass is 9.89. The van der Waals surface area contributed by atoms with E-state index in [0.29, 0.717) is 17.4 Å². The van der Waals surface area contributed by atoms with Gasteiger partial charge in [-0.05, 0) is 51.5 Å². The lowest BCUT2D eigenvalue weighted by Crippen LogP contribution is -2.36. The van der Waals surface area contributed by atoms with Gasteiger partial charge in [0.05, 0.1) is 5.39 Å². The molecule has 1 atom stereocenters. The van der Waals surface area contributed by atoms with Crippen molar-refractivity contribution >= 4 is 33.1 Å². The Morgan fingerprint density at radius 3 is 2.92 bits per heavy atom. The second kappa shape index (κ2) is 6.19. The Bertz CT molecular complexity index is 1080. The molecule has 3 aromatic heterocycles. The quantitative estimate of drug-likeness (QED) is 0.762. The van der Waals surface area contributed by atoms with Crippen LogP contribution >= 0.6 is 11.3 Å². The number of nitrogens with one attached hydrogen (secondary N) is 1. The van der Waals surface area contributed by atoms with Crippen LogP contribution in [-0.4, -0.2) is 31.1 Å². The van der Waals surface area contributed by atoms with Crippen molar-refractivity contribution in [3.05, 3.63) is 26.7 Å². The molecule has 0 radical (unpaired) electrons. The predicted octanol–water partition coefficient (Wildman–Crippen LogP) is 2.06. The first-order chi connectivity index (χ1) is 12.3. The van der Waals surface area contributed by atoms with Crippen LogP contribution in [0, 0.1) is 12.8 Å². The van der Waals surface area contributed by atoms with E-state index >= 15 is 0 Å². The van der Waals surface area contributed by atoms with Crippen LogP contribution in [-0.2, 0) is 24.2 Å². The van der Waals surface area contributed by atoms with Crippen molar-refractivity contribution in [2.45, 2.75) is 59.5 Å². The number of hydrogen-bond donors (Lipinski definition) is 1. The summed E-state index contributed by atoms with van der Waals surface area (Å²) < 4.78 is 2.78. The Hall–Kier alpha value is -2.22. The molecule has 3 heterocycles. The number of amides is 1. The summed E-state index contributed by atoms with van der Waals surface area (Å²) in [7, 11) is 0. The van der Waals surface area contributed by atoms with Crippen molar-refractivity contribution in [3.8, 4) is 0 Å². The van der Waals surface area contributed by atoms with Crippen molar-refractivity contribution in [3.63, 3.8) is 0 Å². The van der Waals surface area contributed by atoms with Crippen LogP contribution in [0.25, 0.3) is 15.9 Å². The number of carbonyl (C=O) groups excluding carboxylic acids is 1. The van der Waals surface area contributed by atoms with Crippen LogP contribution in [0.2, 0.25) is 0 Å². The number of aromatic nitrogens is 4. The number of hydrogen-bond acceptors (Lipinski definition) is 5.